The lowest BCUT2D eigenvalue weighted by Crippen LogP contribution is -2.60. The van der Waals surface area contributed by atoms with Crippen LogP contribution in [0.1, 0.15) is 46.4 Å². The number of likely N-dealkylation sites (N-methyl/N-ethyl adjacent to an activating group) is 1. The van der Waals surface area contributed by atoms with Crippen molar-refractivity contribution in [3.63, 3.8) is 0 Å². The van der Waals surface area contributed by atoms with Crippen LogP contribution in [0.5, 0.6) is 0 Å². The van der Waals surface area contributed by atoms with Gasteiger partial charge in [0.25, 0.3) is 0 Å². The molecule has 19 heavy (non-hydrogen) atoms. The molecule has 1 heterocycles. The molecule has 1 aromatic rings. The topological polar surface area (TPSA) is 60.0 Å². The fourth-order valence-electron chi connectivity index (χ4n) is 3.20. The highest BCUT2D eigenvalue weighted by molar-refractivity contribution is 5.02. The number of aryl methyl sites for hydroxylation is 1. The summed E-state index contributed by atoms with van der Waals surface area (Å²) in [5, 5.41) is 4.12. The van der Waals surface area contributed by atoms with Gasteiger partial charge in [-0.05, 0) is 25.9 Å². The second-order valence-electron chi connectivity index (χ2n) is 5.09. The van der Waals surface area contributed by atoms with Crippen LogP contribution in [0.2, 0.25) is 0 Å². The van der Waals surface area contributed by atoms with Crippen molar-refractivity contribution < 1.29 is 0 Å². The average Bonchev–Trinajstić information content (AvgIpc) is 2.81. The van der Waals surface area contributed by atoms with Crippen LogP contribution in [0.4, 0.5) is 0 Å². The van der Waals surface area contributed by atoms with E-state index in [0.717, 1.165) is 38.2 Å². The average molecular weight is 267 g/mol. The number of rotatable bonds is 8. The van der Waals surface area contributed by atoms with E-state index in [1.165, 1.54) is 0 Å². The minimum absolute atomic E-state index is 0.0510. The molecular weight excluding hydrogens is 238 g/mol. The maximum atomic E-state index is 6.56. The lowest BCUT2D eigenvalue weighted by molar-refractivity contribution is 0.0619. The molecule has 0 aromatic carbocycles. The van der Waals surface area contributed by atoms with Crippen LogP contribution in [-0.4, -0.2) is 44.3 Å². The standard InChI is InChI=1S/C14H29N5/c1-6-14(7-2,19(8-3)9-4)12(15)10-13-16-11-17-18(13)5/h11-12H,6-10,15H2,1-5H3. The largest absolute Gasteiger partial charge is 0.326 e. The van der Waals surface area contributed by atoms with Gasteiger partial charge in [0, 0.05) is 25.0 Å². The van der Waals surface area contributed by atoms with Crippen molar-refractivity contribution in [3.05, 3.63) is 12.2 Å². The van der Waals surface area contributed by atoms with E-state index in [1.54, 1.807) is 6.33 Å². The number of nitrogens with zero attached hydrogens (tertiary/aromatic N) is 4. The quantitative estimate of drug-likeness (QED) is 0.777. The Kier molecular flexibility index (Phi) is 5.94. The van der Waals surface area contributed by atoms with Gasteiger partial charge in [-0.15, -0.1) is 0 Å². The summed E-state index contributed by atoms with van der Waals surface area (Å²) in [6, 6.07) is 0.0744. The van der Waals surface area contributed by atoms with Gasteiger partial charge in [0.05, 0.1) is 0 Å². The molecule has 0 fully saturated rings. The van der Waals surface area contributed by atoms with Gasteiger partial charge in [-0.3, -0.25) is 9.58 Å². The third-order valence-corrected chi connectivity index (χ3v) is 4.52. The predicted octanol–water partition coefficient (Wildman–Crippen LogP) is 1.59. The summed E-state index contributed by atoms with van der Waals surface area (Å²) in [7, 11) is 1.92. The third kappa shape index (κ3) is 3.15. The molecule has 2 N–H and O–H groups in total. The van der Waals surface area contributed by atoms with Gasteiger partial charge < -0.3 is 5.73 Å². The van der Waals surface area contributed by atoms with Crippen LogP contribution in [0.25, 0.3) is 0 Å². The van der Waals surface area contributed by atoms with Crippen molar-refractivity contribution in [2.45, 2.75) is 58.5 Å². The second kappa shape index (κ2) is 7.01. The Morgan fingerprint density at radius 1 is 1.26 bits per heavy atom. The number of hydrogen-bond acceptors (Lipinski definition) is 4. The normalized spacial score (nSPS) is 14.1. The molecule has 0 saturated heterocycles. The van der Waals surface area contributed by atoms with Crippen LogP contribution in [-0.2, 0) is 13.5 Å². The molecule has 0 radical (unpaired) electrons. The zero-order valence-electron chi connectivity index (χ0n) is 13.1. The monoisotopic (exact) mass is 267 g/mol. The van der Waals surface area contributed by atoms with Crippen molar-refractivity contribution >= 4 is 0 Å². The van der Waals surface area contributed by atoms with E-state index in [-0.39, 0.29) is 11.6 Å². The molecule has 1 atom stereocenters. The molecule has 0 aliphatic carbocycles. The molecule has 110 valence electrons. The minimum atomic E-state index is 0.0510. The smallest absolute Gasteiger partial charge is 0.138 e. The third-order valence-electron chi connectivity index (χ3n) is 4.52. The van der Waals surface area contributed by atoms with Crippen LogP contribution in [0, 0.1) is 0 Å². The molecule has 0 aliphatic rings. The Labute approximate surface area is 117 Å². The number of aromatic nitrogens is 3. The molecule has 5 heteroatoms. The Bertz CT molecular complexity index is 366. The van der Waals surface area contributed by atoms with E-state index >= 15 is 0 Å². The van der Waals surface area contributed by atoms with Crippen molar-refractivity contribution in [2.24, 2.45) is 12.8 Å². The van der Waals surface area contributed by atoms with E-state index in [0.29, 0.717) is 0 Å². The van der Waals surface area contributed by atoms with E-state index in [2.05, 4.69) is 42.7 Å². The van der Waals surface area contributed by atoms with Crippen LogP contribution in [0.15, 0.2) is 6.33 Å². The van der Waals surface area contributed by atoms with Crippen molar-refractivity contribution in [1.82, 2.24) is 19.7 Å². The molecule has 1 aromatic heterocycles. The maximum Gasteiger partial charge on any atom is 0.138 e. The van der Waals surface area contributed by atoms with Crippen molar-refractivity contribution in [3.8, 4) is 0 Å². The summed E-state index contributed by atoms with van der Waals surface area (Å²) >= 11 is 0. The first-order valence-electron chi connectivity index (χ1n) is 7.39. The van der Waals surface area contributed by atoms with Crippen LogP contribution >= 0.6 is 0 Å². The summed E-state index contributed by atoms with van der Waals surface area (Å²) in [4.78, 5) is 6.80. The molecule has 0 bridgehead atoms. The minimum Gasteiger partial charge on any atom is -0.326 e. The van der Waals surface area contributed by atoms with Crippen LogP contribution in [0.3, 0.4) is 0 Å². The molecule has 5 nitrogen and oxygen atoms in total. The molecular formula is C14H29N5. The van der Waals surface area contributed by atoms with Gasteiger partial charge in [-0.1, -0.05) is 27.7 Å². The number of nitrogens with two attached hydrogens (primary N) is 1. The molecule has 1 rings (SSSR count). The highest BCUT2D eigenvalue weighted by Gasteiger charge is 2.38. The van der Waals surface area contributed by atoms with E-state index in [1.807, 2.05) is 11.7 Å². The van der Waals surface area contributed by atoms with Crippen LogP contribution < -0.4 is 5.73 Å². The molecule has 0 amide bonds. The van der Waals surface area contributed by atoms with Gasteiger partial charge in [0.2, 0.25) is 0 Å². The van der Waals surface area contributed by atoms with E-state index in [4.69, 9.17) is 5.73 Å². The van der Waals surface area contributed by atoms with E-state index in [9.17, 15) is 0 Å². The Balaban J connectivity index is 2.95. The summed E-state index contributed by atoms with van der Waals surface area (Å²) in [5.41, 5.74) is 6.61. The summed E-state index contributed by atoms with van der Waals surface area (Å²) in [6.07, 6.45) is 4.49. The number of hydrogen-bond donors (Lipinski definition) is 1. The lowest BCUT2D eigenvalue weighted by Gasteiger charge is -2.46. The van der Waals surface area contributed by atoms with E-state index < -0.39 is 0 Å². The van der Waals surface area contributed by atoms with Gasteiger partial charge in [-0.25, -0.2) is 4.98 Å². The van der Waals surface area contributed by atoms with Gasteiger partial charge in [0.15, 0.2) is 0 Å². The SMILES string of the molecule is CCN(CC)C(CC)(CC)C(N)Cc1ncnn1C. The highest BCUT2D eigenvalue weighted by atomic mass is 15.3. The van der Waals surface area contributed by atoms with Gasteiger partial charge in [0.1, 0.15) is 12.2 Å². The first-order valence-corrected chi connectivity index (χ1v) is 7.39. The highest BCUT2D eigenvalue weighted by Crippen LogP contribution is 2.28. The molecule has 0 saturated carbocycles. The Morgan fingerprint density at radius 2 is 1.84 bits per heavy atom. The second-order valence-corrected chi connectivity index (χ2v) is 5.09. The predicted molar refractivity (Wildman–Crippen MR) is 78.9 cm³/mol. The summed E-state index contributed by atoms with van der Waals surface area (Å²) < 4.78 is 1.82. The fraction of sp³-hybridized carbons (Fsp3) is 0.857. The first-order chi connectivity index (χ1) is 9.05. The molecule has 0 spiro atoms. The lowest BCUT2D eigenvalue weighted by atomic mass is 9.81. The van der Waals surface area contributed by atoms with Gasteiger partial charge >= 0.3 is 0 Å². The molecule has 0 aliphatic heterocycles. The Hall–Kier alpha value is -0.940. The first kappa shape index (κ1) is 16.1. The zero-order chi connectivity index (χ0) is 14.5. The zero-order valence-corrected chi connectivity index (χ0v) is 13.1. The maximum absolute atomic E-state index is 6.56. The Morgan fingerprint density at radius 3 is 2.21 bits per heavy atom. The fourth-order valence-corrected chi connectivity index (χ4v) is 3.20. The van der Waals surface area contributed by atoms with Crippen molar-refractivity contribution in [2.75, 3.05) is 13.1 Å². The summed E-state index contributed by atoms with van der Waals surface area (Å²) in [5.74, 6) is 0.964. The summed E-state index contributed by atoms with van der Waals surface area (Å²) in [6.45, 7) is 10.9. The van der Waals surface area contributed by atoms with Gasteiger partial charge in [-0.2, -0.15) is 5.10 Å². The molecule has 1 unspecified atom stereocenters. The van der Waals surface area contributed by atoms with Crippen molar-refractivity contribution in [1.29, 1.82) is 0 Å².